The van der Waals surface area contributed by atoms with Crippen LogP contribution in [0.2, 0.25) is 0 Å². The SMILES string of the molecule is N#Cc1ccc(NS(=O)(=O)c2cccc(C(=O)NCc3ccccn3)c2)cc1. The largest absolute Gasteiger partial charge is 0.346 e. The van der Waals surface area contributed by atoms with E-state index < -0.39 is 15.9 Å². The summed E-state index contributed by atoms with van der Waals surface area (Å²) in [6.45, 7) is 0.236. The predicted octanol–water partition coefficient (Wildman–Crippen LogP) is 2.68. The molecule has 3 aromatic rings. The molecular formula is C20H16N4O3S. The van der Waals surface area contributed by atoms with Gasteiger partial charge in [0.2, 0.25) is 0 Å². The van der Waals surface area contributed by atoms with Crippen molar-refractivity contribution in [3.8, 4) is 6.07 Å². The molecule has 1 aromatic heterocycles. The molecule has 7 nitrogen and oxygen atoms in total. The molecular weight excluding hydrogens is 376 g/mol. The molecule has 0 saturated carbocycles. The van der Waals surface area contributed by atoms with E-state index in [1.165, 1.54) is 48.5 Å². The van der Waals surface area contributed by atoms with Crippen LogP contribution in [0.3, 0.4) is 0 Å². The van der Waals surface area contributed by atoms with E-state index in [0.717, 1.165) is 0 Å². The maximum atomic E-state index is 12.6. The summed E-state index contributed by atoms with van der Waals surface area (Å²) in [5.41, 5.74) is 1.67. The second-order valence-electron chi connectivity index (χ2n) is 5.83. The highest BCUT2D eigenvalue weighted by Gasteiger charge is 2.16. The van der Waals surface area contributed by atoms with Gasteiger partial charge in [0, 0.05) is 17.4 Å². The van der Waals surface area contributed by atoms with Crippen molar-refractivity contribution >= 4 is 21.6 Å². The molecule has 0 unspecified atom stereocenters. The molecule has 140 valence electrons. The lowest BCUT2D eigenvalue weighted by Gasteiger charge is -2.10. The van der Waals surface area contributed by atoms with Crippen molar-refractivity contribution < 1.29 is 13.2 Å². The van der Waals surface area contributed by atoms with Crippen molar-refractivity contribution in [1.82, 2.24) is 10.3 Å². The first-order valence-electron chi connectivity index (χ1n) is 8.29. The first-order valence-corrected chi connectivity index (χ1v) is 9.77. The van der Waals surface area contributed by atoms with Crippen molar-refractivity contribution in [2.45, 2.75) is 11.4 Å². The van der Waals surface area contributed by atoms with Crippen molar-refractivity contribution in [1.29, 1.82) is 5.26 Å². The molecule has 1 amide bonds. The molecule has 1 heterocycles. The zero-order valence-electron chi connectivity index (χ0n) is 14.7. The summed E-state index contributed by atoms with van der Waals surface area (Å²) in [7, 11) is -3.88. The third kappa shape index (κ3) is 4.72. The minimum absolute atomic E-state index is 0.0395. The number of amides is 1. The van der Waals surface area contributed by atoms with Gasteiger partial charge in [0.15, 0.2) is 0 Å². The molecule has 3 rings (SSSR count). The van der Waals surface area contributed by atoms with E-state index in [4.69, 9.17) is 5.26 Å². The van der Waals surface area contributed by atoms with Crippen LogP contribution in [0.5, 0.6) is 0 Å². The number of benzene rings is 2. The fraction of sp³-hybridized carbons (Fsp3) is 0.0500. The van der Waals surface area contributed by atoms with E-state index in [1.807, 2.05) is 12.1 Å². The Morgan fingerprint density at radius 3 is 2.50 bits per heavy atom. The maximum absolute atomic E-state index is 12.6. The van der Waals surface area contributed by atoms with Gasteiger partial charge in [0.05, 0.1) is 28.8 Å². The average molecular weight is 392 g/mol. The highest BCUT2D eigenvalue weighted by atomic mass is 32.2. The van der Waals surface area contributed by atoms with Crippen LogP contribution in [-0.2, 0) is 16.6 Å². The van der Waals surface area contributed by atoms with Crippen LogP contribution >= 0.6 is 0 Å². The number of sulfonamides is 1. The molecule has 2 N–H and O–H groups in total. The lowest BCUT2D eigenvalue weighted by Crippen LogP contribution is -2.23. The highest BCUT2D eigenvalue weighted by Crippen LogP contribution is 2.18. The second kappa shape index (κ2) is 8.33. The van der Waals surface area contributed by atoms with Gasteiger partial charge >= 0.3 is 0 Å². The molecule has 0 aliphatic rings. The average Bonchev–Trinajstić information content (AvgIpc) is 2.73. The normalized spacial score (nSPS) is 10.7. The Morgan fingerprint density at radius 1 is 1.04 bits per heavy atom. The lowest BCUT2D eigenvalue weighted by molar-refractivity contribution is 0.0950. The maximum Gasteiger partial charge on any atom is 0.261 e. The summed E-state index contributed by atoms with van der Waals surface area (Å²) < 4.78 is 27.6. The lowest BCUT2D eigenvalue weighted by atomic mass is 10.2. The predicted molar refractivity (Wildman–Crippen MR) is 104 cm³/mol. The van der Waals surface area contributed by atoms with Gasteiger partial charge in [-0.2, -0.15) is 5.26 Å². The van der Waals surface area contributed by atoms with Gasteiger partial charge in [-0.05, 0) is 54.6 Å². The summed E-state index contributed by atoms with van der Waals surface area (Å²) in [5.74, 6) is -0.402. The number of anilines is 1. The van der Waals surface area contributed by atoms with Gasteiger partial charge in [-0.1, -0.05) is 12.1 Å². The Hall–Kier alpha value is -3.70. The van der Waals surface area contributed by atoms with Crippen molar-refractivity contribution in [2.75, 3.05) is 4.72 Å². The Morgan fingerprint density at radius 2 is 1.82 bits per heavy atom. The highest BCUT2D eigenvalue weighted by molar-refractivity contribution is 7.92. The summed E-state index contributed by atoms with van der Waals surface area (Å²) >= 11 is 0. The molecule has 0 aliphatic heterocycles. The van der Waals surface area contributed by atoms with E-state index in [0.29, 0.717) is 16.9 Å². The minimum Gasteiger partial charge on any atom is -0.346 e. The van der Waals surface area contributed by atoms with E-state index in [2.05, 4.69) is 15.0 Å². The summed E-state index contributed by atoms with van der Waals surface area (Å²) in [4.78, 5) is 16.4. The van der Waals surface area contributed by atoms with E-state index in [9.17, 15) is 13.2 Å². The quantitative estimate of drug-likeness (QED) is 0.670. The molecule has 8 heteroatoms. The third-order valence-electron chi connectivity index (χ3n) is 3.83. The number of carbonyl (C=O) groups is 1. The van der Waals surface area contributed by atoms with Gasteiger partial charge in [-0.15, -0.1) is 0 Å². The smallest absolute Gasteiger partial charge is 0.261 e. The van der Waals surface area contributed by atoms with Gasteiger partial charge in [-0.25, -0.2) is 8.42 Å². The van der Waals surface area contributed by atoms with Crippen molar-refractivity contribution in [2.24, 2.45) is 0 Å². The van der Waals surface area contributed by atoms with Crippen molar-refractivity contribution in [3.05, 3.63) is 89.7 Å². The molecule has 0 bridgehead atoms. The Balaban J connectivity index is 1.73. The van der Waals surface area contributed by atoms with Crippen LogP contribution < -0.4 is 10.0 Å². The van der Waals surface area contributed by atoms with Gasteiger partial charge in [-0.3, -0.25) is 14.5 Å². The molecule has 2 aromatic carbocycles. The summed E-state index contributed by atoms with van der Waals surface area (Å²) in [6.07, 6.45) is 1.63. The fourth-order valence-electron chi connectivity index (χ4n) is 2.41. The number of hydrogen-bond acceptors (Lipinski definition) is 5. The van der Waals surface area contributed by atoms with Gasteiger partial charge in [0.1, 0.15) is 0 Å². The van der Waals surface area contributed by atoms with E-state index in [1.54, 1.807) is 18.3 Å². The zero-order chi connectivity index (χ0) is 20.0. The van der Waals surface area contributed by atoms with Crippen LogP contribution in [0.15, 0.2) is 77.8 Å². The number of pyridine rings is 1. The zero-order valence-corrected chi connectivity index (χ0v) is 15.5. The van der Waals surface area contributed by atoms with Gasteiger partial charge in [0.25, 0.3) is 15.9 Å². The van der Waals surface area contributed by atoms with Crippen LogP contribution in [0, 0.1) is 11.3 Å². The molecule has 0 spiro atoms. The van der Waals surface area contributed by atoms with Crippen LogP contribution in [0.4, 0.5) is 5.69 Å². The number of nitrogens with zero attached hydrogens (tertiary/aromatic N) is 2. The monoisotopic (exact) mass is 392 g/mol. The minimum atomic E-state index is -3.88. The second-order valence-corrected chi connectivity index (χ2v) is 7.51. The third-order valence-corrected chi connectivity index (χ3v) is 5.21. The first-order chi connectivity index (χ1) is 13.5. The molecule has 0 aliphatic carbocycles. The van der Waals surface area contributed by atoms with E-state index in [-0.39, 0.29) is 17.0 Å². The van der Waals surface area contributed by atoms with Crippen LogP contribution in [-0.4, -0.2) is 19.3 Å². The van der Waals surface area contributed by atoms with E-state index >= 15 is 0 Å². The molecule has 0 atom stereocenters. The number of carbonyl (C=O) groups excluding carboxylic acids is 1. The molecule has 28 heavy (non-hydrogen) atoms. The molecule has 0 radical (unpaired) electrons. The topological polar surface area (TPSA) is 112 Å². The Bertz CT molecular complexity index is 1120. The number of nitriles is 1. The first kappa shape index (κ1) is 19.1. The molecule has 0 fully saturated rings. The fourth-order valence-corrected chi connectivity index (χ4v) is 3.51. The Kier molecular flexibility index (Phi) is 5.67. The van der Waals surface area contributed by atoms with Gasteiger partial charge < -0.3 is 5.32 Å². The van der Waals surface area contributed by atoms with Crippen LogP contribution in [0.1, 0.15) is 21.6 Å². The number of aromatic nitrogens is 1. The van der Waals surface area contributed by atoms with Crippen LogP contribution in [0.25, 0.3) is 0 Å². The number of rotatable bonds is 6. The van der Waals surface area contributed by atoms with Crippen molar-refractivity contribution in [3.63, 3.8) is 0 Å². The number of nitrogens with one attached hydrogen (secondary N) is 2. The number of hydrogen-bond donors (Lipinski definition) is 2. The summed E-state index contributed by atoms with van der Waals surface area (Å²) in [6, 6.07) is 19.1. The summed E-state index contributed by atoms with van der Waals surface area (Å²) in [5, 5.41) is 11.5. The molecule has 0 saturated heterocycles. The standard InChI is InChI=1S/C20H16N4O3S/c21-13-15-7-9-17(10-8-15)24-28(26,27)19-6-3-4-16(12-19)20(25)23-14-18-5-1-2-11-22-18/h1-12,24H,14H2,(H,23,25). The Labute approximate surface area is 162 Å².